The van der Waals surface area contributed by atoms with Crippen LogP contribution in [0.5, 0.6) is 5.75 Å². The quantitative estimate of drug-likeness (QED) is 0.479. The number of nitrogens with zero attached hydrogens (tertiary/aromatic N) is 1. The molecule has 2 atom stereocenters. The molecular formula is C26H23FN2O. The number of nitrogens with one attached hydrogen (secondary N) is 1. The van der Waals surface area contributed by atoms with Gasteiger partial charge in [-0.2, -0.15) is 0 Å². The van der Waals surface area contributed by atoms with Crippen molar-refractivity contribution in [2.75, 3.05) is 13.7 Å². The third-order valence-electron chi connectivity index (χ3n) is 6.78. The second kappa shape index (κ2) is 6.71. The Bertz CT molecular complexity index is 1240. The Morgan fingerprint density at radius 2 is 1.87 bits per heavy atom. The van der Waals surface area contributed by atoms with Gasteiger partial charge in [0.2, 0.25) is 0 Å². The number of para-hydroxylation sites is 1. The van der Waals surface area contributed by atoms with Crippen molar-refractivity contribution in [1.82, 2.24) is 9.88 Å². The van der Waals surface area contributed by atoms with E-state index < -0.39 is 0 Å². The van der Waals surface area contributed by atoms with Crippen molar-refractivity contribution in [2.24, 2.45) is 0 Å². The fraction of sp³-hybridized carbons (Fsp3) is 0.231. The minimum absolute atomic E-state index is 0.0852. The van der Waals surface area contributed by atoms with Gasteiger partial charge < -0.3 is 9.72 Å². The van der Waals surface area contributed by atoms with Crippen molar-refractivity contribution in [3.8, 4) is 5.75 Å². The minimum atomic E-state index is -0.195. The maximum absolute atomic E-state index is 13.7. The fourth-order valence-electron chi connectivity index (χ4n) is 5.41. The second-order valence-electron chi connectivity index (χ2n) is 8.29. The summed E-state index contributed by atoms with van der Waals surface area (Å²) in [6, 6.07) is 22.4. The zero-order valence-corrected chi connectivity index (χ0v) is 16.9. The van der Waals surface area contributed by atoms with Gasteiger partial charge in [-0.25, -0.2) is 4.39 Å². The molecule has 0 aliphatic carbocycles. The molecule has 3 nitrogen and oxygen atoms in total. The lowest BCUT2D eigenvalue weighted by atomic mass is 9.81. The normalized spacial score (nSPS) is 20.5. The van der Waals surface area contributed by atoms with Gasteiger partial charge in [0.05, 0.1) is 13.2 Å². The Hall–Kier alpha value is -3.11. The van der Waals surface area contributed by atoms with Crippen LogP contribution in [0.2, 0.25) is 0 Å². The molecule has 30 heavy (non-hydrogen) atoms. The lowest BCUT2D eigenvalue weighted by molar-refractivity contribution is 0.127. The smallest absolute Gasteiger partial charge is 0.123 e. The Morgan fingerprint density at radius 3 is 2.70 bits per heavy atom. The highest BCUT2D eigenvalue weighted by Gasteiger charge is 2.40. The van der Waals surface area contributed by atoms with Gasteiger partial charge in [-0.05, 0) is 65.4 Å². The molecule has 2 aliphatic heterocycles. The molecule has 0 amide bonds. The van der Waals surface area contributed by atoms with Crippen LogP contribution < -0.4 is 4.74 Å². The first-order valence-electron chi connectivity index (χ1n) is 10.5. The van der Waals surface area contributed by atoms with Crippen molar-refractivity contribution < 1.29 is 9.13 Å². The number of methoxy groups -OCH3 is 1. The molecule has 0 saturated carbocycles. The van der Waals surface area contributed by atoms with Crippen molar-refractivity contribution >= 4 is 10.9 Å². The van der Waals surface area contributed by atoms with Crippen LogP contribution in [0.25, 0.3) is 10.9 Å². The molecule has 1 N–H and O–H groups in total. The lowest BCUT2D eigenvalue weighted by Gasteiger charge is -2.46. The van der Waals surface area contributed by atoms with E-state index in [2.05, 4.69) is 52.3 Å². The van der Waals surface area contributed by atoms with Gasteiger partial charge >= 0.3 is 0 Å². The van der Waals surface area contributed by atoms with Crippen molar-refractivity contribution in [3.63, 3.8) is 0 Å². The summed E-state index contributed by atoms with van der Waals surface area (Å²) in [5.74, 6) is 0.722. The SMILES string of the molecule is COc1ccc2c(c1)CCN1C(c3ccc(F)cc3)c3[nH]c4ccccc4c3C[C@@H]21. The molecule has 0 saturated heterocycles. The van der Waals surface area contributed by atoms with Gasteiger partial charge in [-0.3, -0.25) is 4.90 Å². The van der Waals surface area contributed by atoms with E-state index in [1.54, 1.807) is 19.2 Å². The monoisotopic (exact) mass is 398 g/mol. The summed E-state index contributed by atoms with van der Waals surface area (Å²) in [6.45, 7) is 0.960. The van der Waals surface area contributed by atoms with Crippen molar-refractivity contribution in [1.29, 1.82) is 0 Å². The number of hydrogen-bond donors (Lipinski definition) is 1. The van der Waals surface area contributed by atoms with E-state index in [1.165, 1.54) is 33.3 Å². The lowest BCUT2D eigenvalue weighted by Crippen LogP contribution is -2.43. The molecule has 3 heterocycles. The summed E-state index contributed by atoms with van der Waals surface area (Å²) < 4.78 is 19.2. The van der Waals surface area contributed by atoms with Crippen molar-refractivity contribution in [3.05, 3.63) is 100 Å². The number of hydrogen-bond acceptors (Lipinski definition) is 2. The van der Waals surface area contributed by atoms with E-state index in [0.29, 0.717) is 6.04 Å². The van der Waals surface area contributed by atoms with Crippen LogP contribution in [0.3, 0.4) is 0 Å². The molecule has 6 rings (SSSR count). The highest BCUT2D eigenvalue weighted by molar-refractivity contribution is 5.85. The second-order valence-corrected chi connectivity index (χ2v) is 8.29. The Labute approximate surface area is 175 Å². The molecule has 1 unspecified atom stereocenters. The first kappa shape index (κ1) is 17.7. The van der Waals surface area contributed by atoms with Gasteiger partial charge in [0.15, 0.2) is 0 Å². The van der Waals surface area contributed by atoms with E-state index >= 15 is 0 Å². The molecule has 0 bridgehead atoms. The third-order valence-corrected chi connectivity index (χ3v) is 6.78. The minimum Gasteiger partial charge on any atom is -0.497 e. The van der Waals surface area contributed by atoms with Gasteiger partial charge in [0.25, 0.3) is 0 Å². The summed E-state index contributed by atoms with van der Waals surface area (Å²) in [5.41, 5.74) is 7.68. The number of rotatable bonds is 2. The van der Waals surface area contributed by atoms with Crippen LogP contribution in [0.4, 0.5) is 4.39 Å². The Morgan fingerprint density at radius 1 is 1.03 bits per heavy atom. The maximum Gasteiger partial charge on any atom is 0.123 e. The number of H-pyrrole nitrogens is 1. The predicted molar refractivity (Wildman–Crippen MR) is 116 cm³/mol. The van der Waals surface area contributed by atoms with E-state index in [1.807, 2.05) is 12.1 Å². The number of aromatic nitrogens is 1. The van der Waals surface area contributed by atoms with Gasteiger partial charge in [-0.1, -0.05) is 36.4 Å². The number of aromatic amines is 1. The summed E-state index contributed by atoms with van der Waals surface area (Å²) in [5, 5.41) is 1.29. The average molecular weight is 398 g/mol. The summed E-state index contributed by atoms with van der Waals surface area (Å²) >= 11 is 0. The van der Waals surface area contributed by atoms with Gasteiger partial charge in [0, 0.05) is 29.2 Å². The van der Waals surface area contributed by atoms with Crippen LogP contribution in [-0.4, -0.2) is 23.5 Å². The van der Waals surface area contributed by atoms with Gasteiger partial charge in [-0.15, -0.1) is 0 Å². The average Bonchev–Trinajstić information content (AvgIpc) is 3.16. The Balaban J connectivity index is 1.56. The van der Waals surface area contributed by atoms with E-state index in [4.69, 9.17) is 4.74 Å². The third kappa shape index (κ3) is 2.60. The number of halogens is 1. The molecule has 1 aromatic heterocycles. The molecule has 150 valence electrons. The molecule has 0 fully saturated rings. The fourth-order valence-corrected chi connectivity index (χ4v) is 5.41. The molecule has 2 aliphatic rings. The number of ether oxygens (including phenoxy) is 1. The number of benzene rings is 3. The highest BCUT2D eigenvalue weighted by atomic mass is 19.1. The van der Waals surface area contributed by atoms with Crippen LogP contribution >= 0.6 is 0 Å². The van der Waals surface area contributed by atoms with Gasteiger partial charge in [0.1, 0.15) is 11.6 Å². The number of fused-ring (bicyclic) bond motifs is 6. The van der Waals surface area contributed by atoms with E-state index in [9.17, 15) is 4.39 Å². The molecule has 4 heteroatoms. The summed E-state index contributed by atoms with van der Waals surface area (Å²) in [7, 11) is 1.72. The standard InChI is InChI=1S/C26H23FN2O/c1-30-19-10-11-20-17(14-19)12-13-29-24(20)15-22-21-4-2-3-5-23(21)28-25(22)26(29)16-6-8-18(27)9-7-16/h2-11,14,24,26,28H,12-13,15H2,1H3/t24-,26?/m0/s1. The van der Waals surface area contributed by atoms with E-state index in [-0.39, 0.29) is 11.9 Å². The maximum atomic E-state index is 13.7. The zero-order valence-electron chi connectivity index (χ0n) is 16.9. The Kier molecular flexibility index (Phi) is 3.96. The summed E-state index contributed by atoms with van der Waals surface area (Å²) in [6.07, 6.45) is 1.95. The van der Waals surface area contributed by atoms with Crippen LogP contribution in [0.15, 0.2) is 66.7 Å². The highest BCUT2D eigenvalue weighted by Crippen LogP contribution is 2.48. The first-order chi connectivity index (χ1) is 14.7. The van der Waals surface area contributed by atoms with E-state index in [0.717, 1.165) is 30.7 Å². The molecule has 4 aromatic rings. The van der Waals surface area contributed by atoms with Crippen LogP contribution in [-0.2, 0) is 12.8 Å². The predicted octanol–water partition coefficient (Wildman–Crippen LogP) is 5.56. The molecule has 3 aromatic carbocycles. The van der Waals surface area contributed by atoms with Crippen molar-refractivity contribution in [2.45, 2.75) is 24.9 Å². The topological polar surface area (TPSA) is 28.3 Å². The summed E-state index contributed by atoms with van der Waals surface area (Å²) in [4.78, 5) is 6.28. The molecule has 0 spiro atoms. The molecule has 0 radical (unpaired) electrons. The molecular weight excluding hydrogens is 375 g/mol. The zero-order chi connectivity index (χ0) is 20.2. The largest absolute Gasteiger partial charge is 0.497 e. The van der Waals surface area contributed by atoms with Crippen LogP contribution in [0.1, 0.15) is 40.0 Å². The van der Waals surface area contributed by atoms with Crippen LogP contribution in [0, 0.1) is 5.82 Å². The first-order valence-corrected chi connectivity index (χ1v) is 10.5.